The molecule has 14 heavy (non-hydrogen) atoms. The van der Waals surface area contributed by atoms with Gasteiger partial charge in [-0.2, -0.15) is 11.8 Å². The molecular formula is C9H17NO3S. The third-order valence-corrected chi connectivity index (χ3v) is 2.69. The number of carbonyl (C=O) groups is 2. The molecule has 2 N–H and O–H groups in total. The molecule has 4 nitrogen and oxygen atoms in total. The third kappa shape index (κ3) is 7.91. The molecule has 0 aromatic rings. The zero-order valence-electron chi connectivity index (χ0n) is 8.58. The molecule has 0 fully saturated rings. The Hall–Kier alpha value is -0.710. The van der Waals surface area contributed by atoms with Crippen LogP contribution in [-0.4, -0.2) is 34.5 Å². The van der Waals surface area contributed by atoms with Gasteiger partial charge in [0.15, 0.2) is 0 Å². The normalized spacial score (nSPS) is 12.1. The van der Waals surface area contributed by atoms with Gasteiger partial charge in [0.1, 0.15) is 0 Å². The van der Waals surface area contributed by atoms with Crippen molar-refractivity contribution in [3.8, 4) is 0 Å². The van der Waals surface area contributed by atoms with E-state index in [-0.39, 0.29) is 24.8 Å². The van der Waals surface area contributed by atoms with Crippen LogP contribution >= 0.6 is 11.8 Å². The lowest BCUT2D eigenvalue weighted by atomic mass is 10.3. The van der Waals surface area contributed by atoms with Crippen LogP contribution in [0.4, 0.5) is 0 Å². The van der Waals surface area contributed by atoms with Gasteiger partial charge in [-0.05, 0) is 12.7 Å². The van der Waals surface area contributed by atoms with Crippen LogP contribution in [-0.2, 0) is 9.59 Å². The number of amides is 1. The van der Waals surface area contributed by atoms with Crippen LogP contribution in [0, 0.1) is 0 Å². The molecule has 0 aliphatic carbocycles. The van der Waals surface area contributed by atoms with E-state index in [0.29, 0.717) is 0 Å². The van der Waals surface area contributed by atoms with E-state index in [9.17, 15) is 9.59 Å². The van der Waals surface area contributed by atoms with Crippen LogP contribution in [0.1, 0.15) is 26.7 Å². The quantitative estimate of drug-likeness (QED) is 0.673. The van der Waals surface area contributed by atoms with Gasteiger partial charge in [-0.25, -0.2) is 0 Å². The van der Waals surface area contributed by atoms with Gasteiger partial charge in [-0.3, -0.25) is 9.59 Å². The van der Waals surface area contributed by atoms with Gasteiger partial charge in [0.2, 0.25) is 5.91 Å². The molecule has 0 saturated heterocycles. The fourth-order valence-corrected chi connectivity index (χ4v) is 1.58. The summed E-state index contributed by atoms with van der Waals surface area (Å²) >= 11 is 1.75. The number of nitrogens with one attached hydrogen (secondary N) is 1. The van der Waals surface area contributed by atoms with Crippen LogP contribution in [0.25, 0.3) is 0 Å². The molecule has 0 aromatic carbocycles. The Kier molecular flexibility index (Phi) is 7.28. The van der Waals surface area contributed by atoms with Crippen molar-refractivity contribution in [2.45, 2.75) is 32.7 Å². The second kappa shape index (κ2) is 7.67. The molecule has 1 unspecified atom stereocenters. The molecule has 0 aromatic heterocycles. The van der Waals surface area contributed by atoms with Crippen LogP contribution in [0.5, 0.6) is 0 Å². The van der Waals surface area contributed by atoms with E-state index in [4.69, 9.17) is 5.11 Å². The van der Waals surface area contributed by atoms with Crippen LogP contribution in [0.15, 0.2) is 0 Å². The Balaban J connectivity index is 3.55. The molecule has 1 amide bonds. The Morgan fingerprint density at radius 2 is 2.07 bits per heavy atom. The number of carboxylic acids is 1. The number of aliphatic carboxylic acids is 1. The summed E-state index contributed by atoms with van der Waals surface area (Å²) in [4.78, 5) is 21.3. The predicted molar refractivity (Wildman–Crippen MR) is 57.5 cm³/mol. The molecule has 0 spiro atoms. The van der Waals surface area contributed by atoms with E-state index in [1.807, 2.05) is 6.92 Å². The molecule has 0 rings (SSSR count). The lowest BCUT2D eigenvalue weighted by molar-refractivity contribution is -0.138. The van der Waals surface area contributed by atoms with Crippen molar-refractivity contribution >= 4 is 23.6 Å². The smallest absolute Gasteiger partial charge is 0.303 e. The topological polar surface area (TPSA) is 66.4 Å². The van der Waals surface area contributed by atoms with Crippen LogP contribution in [0.3, 0.4) is 0 Å². The first-order chi connectivity index (χ1) is 6.56. The van der Waals surface area contributed by atoms with Gasteiger partial charge in [0.05, 0.1) is 6.42 Å². The van der Waals surface area contributed by atoms with Gasteiger partial charge in [0.25, 0.3) is 0 Å². The standard InChI is InChI=1S/C9H17NO3S/c1-3-14-6-7(2)10-8(11)4-5-9(12)13/h7H,3-6H2,1-2H3,(H,10,11)(H,12,13). The summed E-state index contributed by atoms with van der Waals surface area (Å²) in [6, 6.07) is 0.112. The zero-order chi connectivity index (χ0) is 11.0. The zero-order valence-corrected chi connectivity index (χ0v) is 9.39. The van der Waals surface area contributed by atoms with Gasteiger partial charge >= 0.3 is 5.97 Å². The minimum absolute atomic E-state index is 0.0659. The molecule has 0 aliphatic heterocycles. The second-order valence-electron chi connectivity index (χ2n) is 3.02. The maximum Gasteiger partial charge on any atom is 0.303 e. The summed E-state index contributed by atoms with van der Waals surface area (Å²) < 4.78 is 0. The second-order valence-corrected chi connectivity index (χ2v) is 4.34. The largest absolute Gasteiger partial charge is 0.481 e. The molecular weight excluding hydrogens is 202 g/mol. The maximum atomic E-state index is 11.1. The highest BCUT2D eigenvalue weighted by atomic mass is 32.2. The van der Waals surface area contributed by atoms with Gasteiger partial charge in [-0.15, -0.1) is 0 Å². The summed E-state index contributed by atoms with van der Waals surface area (Å²) in [5.41, 5.74) is 0. The summed E-state index contributed by atoms with van der Waals surface area (Å²) in [5.74, 6) is 0.775. The van der Waals surface area contributed by atoms with Crippen molar-refractivity contribution in [1.29, 1.82) is 0 Å². The highest BCUT2D eigenvalue weighted by Crippen LogP contribution is 2.01. The first kappa shape index (κ1) is 13.3. The predicted octanol–water partition coefficient (Wildman–Crippen LogP) is 1.11. The first-order valence-corrected chi connectivity index (χ1v) is 5.80. The van der Waals surface area contributed by atoms with E-state index in [1.165, 1.54) is 0 Å². The van der Waals surface area contributed by atoms with E-state index < -0.39 is 5.97 Å². The molecule has 0 radical (unpaired) electrons. The molecule has 1 atom stereocenters. The monoisotopic (exact) mass is 219 g/mol. The molecule has 82 valence electrons. The molecule has 5 heteroatoms. The summed E-state index contributed by atoms with van der Waals surface area (Å²) in [5, 5.41) is 11.1. The third-order valence-electron chi connectivity index (χ3n) is 1.55. The van der Waals surface area contributed by atoms with E-state index in [2.05, 4.69) is 12.2 Å². The van der Waals surface area contributed by atoms with Crippen molar-refractivity contribution in [2.24, 2.45) is 0 Å². The summed E-state index contributed by atoms with van der Waals surface area (Å²) in [7, 11) is 0. The Labute approximate surface area is 88.4 Å². The Morgan fingerprint density at radius 3 is 2.57 bits per heavy atom. The lowest BCUT2D eigenvalue weighted by Crippen LogP contribution is -2.34. The van der Waals surface area contributed by atoms with Crippen molar-refractivity contribution < 1.29 is 14.7 Å². The molecule has 0 bridgehead atoms. The average molecular weight is 219 g/mol. The molecule has 0 heterocycles. The lowest BCUT2D eigenvalue weighted by Gasteiger charge is -2.12. The van der Waals surface area contributed by atoms with E-state index in [0.717, 1.165) is 11.5 Å². The van der Waals surface area contributed by atoms with Crippen LogP contribution in [0.2, 0.25) is 0 Å². The Bertz CT molecular complexity index is 196. The van der Waals surface area contributed by atoms with Crippen molar-refractivity contribution in [3.05, 3.63) is 0 Å². The van der Waals surface area contributed by atoms with Crippen molar-refractivity contribution in [3.63, 3.8) is 0 Å². The Morgan fingerprint density at radius 1 is 1.43 bits per heavy atom. The minimum atomic E-state index is -0.935. The fraction of sp³-hybridized carbons (Fsp3) is 0.778. The minimum Gasteiger partial charge on any atom is -0.481 e. The summed E-state index contributed by atoms with van der Waals surface area (Å²) in [6.07, 6.45) is -0.0318. The van der Waals surface area contributed by atoms with E-state index >= 15 is 0 Å². The number of hydrogen-bond acceptors (Lipinski definition) is 3. The molecule has 0 aliphatic rings. The SMILES string of the molecule is CCSCC(C)NC(=O)CCC(=O)O. The summed E-state index contributed by atoms with van der Waals surface area (Å²) in [6.45, 7) is 3.98. The van der Waals surface area contributed by atoms with Gasteiger partial charge < -0.3 is 10.4 Å². The number of thioether (sulfide) groups is 1. The number of carbonyl (C=O) groups excluding carboxylic acids is 1. The number of carboxylic acid groups (broad SMARTS) is 1. The maximum absolute atomic E-state index is 11.1. The average Bonchev–Trinajstić information content (AvgIpc) is 2.11. The van der Waals surface area contributed by atoms with Crippen LogP contribution < -0.4 is 5.32 Å². The highest BCUT2D eigenvalue weighted by molar-refractivity contribution is 7.99. The molecule has 0 saturated carbocycles. The van der Waals surface area contributed by atoms with Crippen molar-refractivity contribution in [2.75, 3.05) is 11.5 Å². The number of hydrogen-bond donors (Lipinski definition) is 2. The van der Waals surface area contributed by atoms with Crippen molar-refractivity contribution in [1.82, 2.24) is 5.32 Å². The highest BCUT2D eigenvalue weighted by Gasteiger charge is 2.08. The first-order valence-electron chi connectivity index (χ1n) is 4.65. The van der Waals surface area contributed by atoms with Gasteiger partial charge in [-0.1, -0.05) is 6.92 Å². The number of rotatable bonds is 7. The van der Waals surface area contributed by atoms with E-state index in [1.54, 1.807) is 11.8 Å². The fourth-order valence-electron chi connectivity index (χ4n) is 0.904. The van der Waals surface area contributed by atoms with Gasteiger partial charge in [0, 0.05) is 18.2 Å².